The maximum absolute atomic E-state index is 11.8. The van der Waals surface area contributed by atoms with Crippen LogP contribution < -0.4 is 0 Å². The highest BCUT2D eigenvalue weighted by atomic mass is 16.6. The van der Waals surface area contributed by atoms with Crippen LogP contribution in [0.3, 0.4) is 0 Å². The van der Waals surface area contributed by atoms with Crippen LogP contribution >= 0.6 is 0 Å². The highest BCUT2D eigenvalue weighted by Gasteiger charge is 2.26. The fourth-order valence-electron chi connectivity index (χ4n) is 1.99. The van der Waals surface area contributed by atoms with E-state index in [2.05, 4.69) is 30.1 Å². The third-order valence-corrected chi connectivity index (χ3v) is 3.17. The molecule has 1 aromatic carbocycles. The van der Waals surface area contributed by atoms with E-state index in [1.54, 1.807) is 12.1 Å². The summed E-state index contributed by atoms with van der Waals surface area (Å²) in [5.41, 5.74) is 1.40. The molecule has 0 aromatic heterocycles. The van der Waals surface area contributed by atoms with Crippen LogP contribution in [0.1, 0.15) is 50.3 Å². The van der Waals surface area contributed by atoms with E-state index in [0.717, 1.165) is 19.3 Å². The number of methoxy groups -OCH3 is 1. The maximum Gasteiger partial charge on any atom is 0.337 e. The molecule has 0 bridgehead atoms. The van der Waals surface area contributed by atoms with Gasteiger partial charge in [0, 0.05) is 24.5 Å². The fourth-order valence-corrected chi connectivity index (χ4v) is 1.99. The molecule has 1 aromatic rings. The summed E-state index contributed by atoms with van der Waals surface area (Å²) in [4.78, 5) is 23.2. The normalized spacial score (nSPS) is 10.9. The van der Waals surface area contributed by atoms with Crippen molar-refractivity contribution in [3.05, 3.63) is 47.5 Å². The predicted molar refractivity (Wildman–Crippen MR) is 88.5 cm³/mol. The zero-order valence-electron chi connectivity index (χ0n) is 13.8. The molecule has 0 saturated heterocycles. The van der Waals surface area contributed by atoms with Crippen LogP contribution in [0.25, 0.3) is 0 Å². The lowest BCUT2D eigenvalue weighted by molar-refractivity contribution is -0.147. The Balaban J connectivity index is 3.19. The second-order valence-corrected chi connectivity index (χ2v) is 5.00. The minimum Gasteiger partial charge on any atom is -0.466 e. The van der Waals surface area contributed by atoms with Gasteiger partial charge in [-0.25, -0.2) is 4.79 Å². The van der Waals surface area contributed by atoms with Crippen molar-refractivity contribution in [2.45, 2.75) is 39.2 Å². The first-order chi connectivity index (χ1) is 11.0. The van der Waals surface area contributed by atoms with Crippen molar-refractivity contribution in [3.8, 4) is 11.8 Å². The van der Waals surface area contributed by atoms with Crippen LogP contribution in [0.2, 0.25) is 0 Å². The molecule has 0 amide bonds. The van der Waals surface area contributed by atoms with Crippen molar-refractivity contribution in [1.29, 1.82) is 0 Å². The fraction of sp³-hybridized carbons (Fsp3) is 0.368. The van der Waals surface area contributed by atoms with Gasteiger partial charge in [0.15, 0.2) is 6.10 Å². The van der Waals surface area contributed by atoms with Crippen molar-refractivity contribution in [2.75, 3.05) is 7.11 Å². The molecule has 1 rings (SSSR count). The van der Waals surface area contributed by atoms with Gasteiger partial charge in [-0.3, -0.25) is 4.79 Å². The predicted octanol–water partition coefficient (Wildman–Crippen LogP) is 3.56. The Hall–Kier alpha value is -2.54. The molecular weight excluding hydrogens is 292 g/mol. The van der Waals surface area contributed by atoms with Crippen molar-refractivity contribution in [3.63, 3.8) is 0 Å². The van der Waals surface area contributed by atoms with Gasteiger partial charge in [-0.05, 0) is 12.5 Å². The highest BCUT2D eigenvalue weighted by Crippen LogP contribution is 2.28. The van der Waals surface area contributed by atoms with Crippen LogP contribution in [0, 0.1) is 11.8 Å². The average Bonchev–Trinajstić information content (AvgIpc) is 2.55. The molecule has 1 unspecified atom stereocenters. The molecule has 0 saturated carbocycles. The lowest BCUT2D eigenvalue weighted by atomic mass is 9.97. The Labute approximate surface area is 137 Å². The van der Waals surface area contributed by atoms with Crippen molar-refractivity contribution < 1.29 is 19.1 Å². The summed E-state index contributed by atoms with van der Waals surface area (Å²) in [5, 5.41) is 0. The number of rotatable bonds is 6. The van der Waals surface area contributed by atoms with Crippen LogP contribution in [0.4, 0.5) is 0 Å². The largest absolute Gasteiger partial charge is 0.466 e. The van der Waals surface area contributed by atoms with E-state index in [0.29, 0.717) is 11.1 Å². The van der Waals surface area contributed by atoms with Gasteiger partial charge in [0.1, 0.15) is 0 Å². The molecule has 4 nitrogen and oxygen atoms in total. The summed E-state index contributed by atoms with van der Waals surface area (Å²) in [7, 11) is 1.26. The zero-order valence-corrected chi connectivity index (χ0v) is 13.8. The van der Waals surface area contributed by atoms with E-state index in [1.807, 2.05) is 12.1 Å². The van der Waals surface area contributed by atoms with Gasteiger partial charge in [-0.2, -0.15) is 0 Å². The summed E-state index contributed by atoms with van der Waals surface area (Å²) >= 11 is 0. The Bertz CT molecular complexity index is 634. The molecular formula is C19H22O4. The van der Waals surface area contributed by atoms with E-state index < -0.39 is 18.0 Å². The van der Waals surface area contributed by atoms with Crippen molar-refractivity contribution in [2.24, 2.45) is 0 Å². The minimum absolute atomic E-state index is 0.0607. The van der Waals surface area contributed by atoms with E-state index in [9.17, 15) is 9.59 Å². The Morgan fingerprint density at radius 3 is 2.61 bits per heavy atom. The molecule has 0 aliphatic rings. The van der Waals surface area contributed by atoms with Crippen molar-refractivity contribution in [1.82, 2.24) is 0 Å². The van der Waals surface area contributed by atoms with E-state index >= 15 is 0 Å². The molecule has 1 atom stereocenters. The molecule has 0 N–H and O–H groups in total. The summed E-state index contributed by atoms with van der Waals surface area (Å²) in [6.45, 7) is 7.09. The number of ether oxygens (including phenoxy) is 2. The first-order valence-electron chi connectivity index (χ1n) is 7.53. The number of carbonyl (C=O) groups excluding carboxylic acids is 2. The average molecular weight is 314 g/mol. The maximum atomic E-state index is 11.8. The smallest absolute Gasteiger partial charge is 0.337 e. The Kier molecular flexibility index (Phi) is 7.62. The summed E-state index contributed by atoms with van der Waals surface area (Å²) < 4.78 is 9.97. The molecule has 0 aliphatic carbocycles. The van der Waals surface area contributed by atoms with Gasteiger partial charge in [0.2, 0.25) is 0 Å². The van der Waals surface area contributed by atoms with Crippen LogP contribution in [-0.2, 0) is 19.1 Å². The quantitative estimate of drug-likeness (QED) is 0.349. The second-order valence-electron chi connectivity index (χ2n) is 5.00. The Morgan fingerprint density at radius 2 is 2.00 bits per heavy atom. The second kappa shape index (κ2) is 9.47. The van der Waals surface area contributed by atoms with Gasteiger partial charge in [-0.15, -0.1) is 0 Å². The SMILES string of the molecule is C=C(C(=O)OC)C(OC(C)=O)c1ccccc1C#CCCCC. The summed E-state index contributed by atoms with van der Waals surface area (Å²) in [6, 6.07) is 7.24. The molecule has 0 heterocycles. The summed E-state index contributed by atoms with van der Waals surface area (Å²) in [5.74, 6) is 5.05. The van der Waals surface area contributed by atoms with Gasteiger partial charge in [-0.1, -0.05) is 50.0 Å². The van der Waals surface area contributed by atoms with Gasteiger partial charge < -0.3 is 9.47 Å². The van der Waals surface area contributed by atoms with Gasteiger partial charge >= 0.3 is 11.9 Å². The number of hydrogen-bond donors (Lipinski definition) is 0. The van der Waals surface area contributed by atoms with Crippen molar-refractivity contribution >= 4 is 11.9 Å². The molecule has 122 valence electrons. The third kappa shape index (κ3) is 5.63. The first-order valence-corrected chi connectivity index (χ1v) is 7.53. The minimum atomic E-state index is -0.906. The van der Waals surface area contributed by atoms with E-state index in [4.69, 9.17) is 4.74 Å². The van der Waals surface area contributed by atoms with E-state index in [-0.39, 0.29) is 5.57 Å². The monoisotopic (exact) mass is 314 g/mol. The van der Waals surface area contributed by atoms with E-state index in [1.165, 1.54) is 14.0 Å². The molecule has 23 heavy (non-hydrogen) atoms. The Morgan fingerprint density at radius 1 is 1.30 bits per heavy atom. The van der Waals surface area contributed by atoms with Gasteiger partial charge in [0.25, 0.3) is 0 Å². The zero-order chi connectivity index (χ0) is 17.2. The molecule has 0 spiro atoms. The molecule has 0 fully saturated rings. The third-order valence-electron chi connectivity index (χ3n) is 3.17. The number of esters is 2. The number of benzene rings is 1. The van der Waals surface area contributed by atoms with Crippen LogP contribution in [0.5, 0.6) is 0 Å². The highest BCUT2D eigenvalue weighted by molar-refractivity contribution is 5.89. The van der Waals surface area contributed by atoms with Crippen LogP contribution in [-0.4, -0.2) is 19.0 Å². The van der Waals surface area contributed by atoms with Crippen LogP contribution in [0.15, 0.2) is 36.4 Å². The molecule has 4 heteroatoms. The summed E-state index contributed by atoms with van der Waals surface area (Å²) in [6.07, 6.45) is 1.99. The number of unbranched alkanes of at least 4 members (excludes halogenated alkanes) is 2. The lowest BCUT2D eigenvalue weighted by Crippen LogP contribution is -2.18. The number of hydrogen-bond acceptors (Lipinski definition) is 4. The molecule has 0 aliphatic heterocycles. The van der Waals surface area contributed by atoms with Gasteiger partial charge in [0.05, 0.1) is 12.7 Å². The molecule has 0 radical (unpaired) electrons. The first kappa shape index (κ1) is 18.5. The standard InChI is InChI=1S/C19H22O4/c1-5-6-7-8-11-16-12-9-10-13-17(16)18(23-15(3)20)14(2)19(21)22-4/h9-10,12-13,18H,2,5-7H2,1,3-4H3. The lowest BCUT2D eigenvalue weighted by Gasteiger charge is -2.19. The number of carbonyl (C=O) groups is 2. The topological polar surface area (TPSA) is 52.6 Å².